The van der Waals surface area contributed by atoms with Crippen LogP contribution in [0.1, 0.15) is 18.2 Å². The Labute approximate surface area is 104 Å². The predicted octanol–water partition coefficient (Wildman–Crippen LogP) is 1.01. The Morgan fingerprint density at radius 2 is 2.33 bits per heavy atom. The molecule has 0 spiro atoms. The van der Waals surface area contributed by atoms with Crippen molar-refractivity contribution in [3.05, 3.63) is 34.4 Å². The minimum atomic E-state index is -0.0791. The van der Waals surface area contributed by atoms with Crippen LogP contribution in [0.2, 0.25) is 0 Å². The van der Waals surface area contributed by atoms with Crippen molar-refractivity contribution in [3.63, 3.8) is 0 Å². The molecule has 2 heterocycles. The second kappa shape index (κ2) is 4.42. The van der Waals surface area contributed by atoms with Crippen molar-refractivity contribution in [2.45, 2.75) is 12.3 Å². The molecule has 5 nitrogen and oxygen atoms in total. The van der Waals surface area contributed by atoms with Gasteiger partial charge in [0, 0.05) is 18.5 Å². The van der Waals surface area contributed by atoms with Crippen LogP contribution in [0, 0.1) is 0 Å². The first-order valence-electron chi connectivity index (χ1n) is 6.06. The first-order chi connectivity index (χ1) is 8.78. The molecule has 1 atom stereocenters. The number of hydrogen-bond donors (Lipinski definition) is 2. The summed E-state index contributed by atoms with van der Waals surface area (Å²) >= 11 is 0. The minimum absolute atomic E-state index is 0.0791. The number of hydrogen-bond acceptors (Lipinski definition) is 4. The van der Waals surface area contributed by atoms with Gasteiger partial charge in [-0.1, -0.05) is 0 Å². The van der Waals surface area contributed by atoms with Crippen LogP contribution < -0.4 is 15.6 Å². The van der Waals surface area contributed by atoms with Crippen LogP contribution in [0.15, 0.2) is 23.0 Å². The maximum atomic E-state index is 12.0. The molecule has 0 radical (unpaired) electrons. The van der Waals surface area contributed by atoms with E-state index < -0.39 is 0 Å². The Morgan fingerprint density at radius 3 is 3.06 bits per heavy atom. The summed E-state index contributed by atoms with van der Waals surface area (Å²) in [7, 11) is 1.61. The third kappa shape index (κ3) is 1.86. The molecule has 5 heteroatoms. The highest BCUT2D eigenvalue weighted by Gasteiger charge is 2.19. The predicted molar refractivity (Wildman–Crippen MR) is 69.1 cm³/mol. The molecule has 1 aliphatic rings. The van der Waals surface area contributed by atoms with E-state index in [0.29, 0.717) is 16.8 Å². The average Bonchev–Trinajstić information content (AvgIpc) is 2.91. The van der Waals surface area contributed by atoms with Crippen molar-refractivity contribution < 1.29 is 4.74 Å². The number of aromatic nitrogens is 2. The zero-order valence-electron chi connectivity index (χ0n) is 10.2. The number of nitrogens with one attached hydrogen (secondary N) is 2. The summed E-state index contributed by atoms with van der Waals surface area (Å²) in [6.45, 7) is 1.85. The van der Waals surface area contributed by atoms with E-state index in [9.17, 15) is 4.79 Å². The smallest absolute Gasteiger partial charge is 0.258 e. The maximum absolute atomic E-state index is 12.0. The molecule has 18 heavy (non-hydrogen) atoms. The van der Waals surface area contributed by atoms with E-state index in [1.165, 1.54) is 0 Å². The van der Waals surface area contributed by atoms with Gasteiger partial charge in [0.05, 0.1) is 18.0 Å². The van der Waals surface area contributed by atoms with Crippen LogP contribution in [0.25, 0.3) is 10.9 Å². The molecule has 0 amide bonds. The van der Waals surface area contributed by atoms with Crippen molar-refractivity contribution >= 4 is 10.9 Å². The maximum Gasteiger partial charge on any atom is 0.258 e. The Kier molecular flexibility index (Phi) is 2.76. The molecule has 0 bridgehead atoms. The van der Waals surface area contributed by atoms with E-state index in [-0.39, 0.29) is 5.56 Å². The van der Waals surface area contributed by atoms with Crippen molar-refractivity contribution in [3.8, 4) is 5.75 Å². The molecule has 94 valence electrons. The number of benzene rings is 1. The third-order valence-corrected chi connectivity index (χ3v) is 3.38. The number of rotatable bonds is 2. The molecule has 1 aliphatic heterocycles. The molecule has 2 N–H and O–H groups in total. The summed E-state index contributed by atoms with van der Waals surface area (Å²) in [6, 6.07) is 5.32. The van der Waals surface area contributed by atoms with E-state index in [1.807, 2.05) is 0 Å². The topological polar surface area (TPSA) is 67.0 Å². The first kappa shape index (κ1) is 11.2. The summed E-state index contributed by atoms with van der Waals surface area (Å²) in [5.74, 6) is 1.79. The zero-order valence-corrected chi connectivity index (χ0v) is 10.2. The van der Waals surface area contributed by atoms with E-state index in [0.717, 1.165) is 31.1 Å². The largest absolute Gasteiger partial charge is 0.497 e. The Morgan fingerprint density at radius 1 is 1.44 bits per heavy atom. The number of aromatic amines is 1. The lowest BCUT2D eigenvalue weighted by Gasteiger charge is -2.09. The zero-order chi connectivity index (χ0) is 12.5. The van der Waals surface area contributed by atoms with Crippen LogP contribution >= 0.6 is 0 Å². The molecule has 2 aromatic rings. The molecule has 0 aliphatic carbocycles. The van der Waals surface area contributed by atoms with Crippen molar-refractivity contribution in [1.29, 1.82) is 0 Å². The quantitative estimate of drug-likeness (QED) is 0.828. The Balaban J connectivity index is 2.14. The van der Waals surface area contributed by atoms with Crippen LogP contribution in [-0.2, 0) is 0 Å². The highest BCUT2D eigenvalue weighted by atomic mass is 16.5. The van der Waals surface area contributed by atoms with Crippen molar-refractivity contribution in [1.82, 2.24) is 15.3 Å². The summed E-state index contributed by atoms with van der Waals surface area (Å²) in [5, 5.41) is 3.88. The molecule has 3 rings (SSSR count). The van der Waals surface area contributed by atoms with Crippen molar-refractivity contribution in [2.75, 3.05) is 20.2 Å². The normalized spacial score (nSPS) is 19.3. The molecule has 1 aromatic heterocycles. The van der Waals surface area contributed by atoms with Gasteiger partial charge in [0.1, 0.15) is 11.6 Å². The lowest BCUT2D eigenvalue weighted by Crippen LogP contribution is -2.16. The molecule has 1 saturated heterocycles. The van der Waals surface area contributed by atoms with Gasteiger partial charge in [-0.15, -0.1) is 0 Å². The number of ether oxygens (including phenoxy) is 1. The summed E-state index contributed by atoms with van der Waals surface area (Å²) in [6.07, 6.45) is 1.01. The van der Waals surface area contributed by atoms with Crippen LogP contribution in [0.5, 0.6) is 5.75 Å². The number of nitrogens with zero attached hydrogens (tertiary/aromatic N) is 1. The molecular formula is C13H15N3O2. The van der Waals surface area contributed by atoms with Crippen LogP contribution in [0.4, 0.5) is 0 Å². The molecule has 1 unspecified atom stereocenters. The Hall–Kier alpha value is -1.88. The lowest BCUT2D eigenvalue weighted by atomic mass is 10.1. The van der Waals surface area contributed by atoms with Gasteiger partial charge >= 0.3 is 0 Å². The molecule has 1 aromatic carbocycles. The first-order valence-corrected chi connectivity index (χ1v) is 6.06. The number of fused-ring (bicyclic) bond motifs is 1. The fraction of sp³-hybridized carbons (Fsp3) is 0.385. The summed E-state index contributed by atoms with van der Waals surface area (Å²) < 4.78 is 5.16. The Bertz CT molecular complexity index is 630. The van der Waals surface area contributed by atoms with Crippen LogP contribution in [0.3, 0.4) is 0 Å². The molecular weight excluding hydrogens is 230 g/mol. The minimum Gasteiger partial charge on any atom is -0.497 e. The van der Waals surface area contributed by atoms with Crippen LogP contribution in [-0.4, -0.2) is 30.2 Å². The monoisotopic (exact) mass is 245 g/mol. The van der Waals surface area contributed by atoms with Gasteiger partial charge in [0.25, 0.3) is 5.56 Å². The van der Waals surface area contributed by atoms with Gasteiger partial charge in [-0.3, -0.25) is 4.79 Å². The average molecular weight is 245 g/mol. The fourth-order valence-electron chi connectivity index (χ4n) is 2.35. The molecule has 1 fully saturated rings. The standard InChI is InChI=1S/C13H15N3O2/c1-18-9-2-3-10-11(6-9)15-12(16-13(10)17)8-4-5-14-7-8/h2-3,6,8,14H,4-5,7H2,1H3,(H,15,16,17). The SMILES string of the molecule is COc1ccc2c(=O)[nH]c(C3CCNC3)nc2c1. The van der Waals surface area contributed by atoms with Crippen molar-refractivity contribution in [2.24, 2.45) is 0 Å². The van der Waals surface area contributed by atoms with Gasteiger partial charge in [-0.25, -0.2) is 4.98 Å². The second-order valence-electron chi connectivity index (χ2n) is 4.52. The molecule has 0 saturated carbocycles. The van der Waals surface area contributed by atoms with E-state index >= 15 is 0 Å². The van der Waals surface area contributed by atoms with Gasteiger partial charge in [-0.05, 0) is 25.1 Å². The lowest BCUT2D eigenvalue weighted by molar-refractivity contribution is 0.415. The van der Waals surface area contributed by atoms with Gasteiger partial charge in [0.2, 0.25) is 0 Å². The van der Waals surface area contributed by atoms with E-state index in [1.54, 1.807) is 25.3 Å². The number of methoxy groups -OCH3 is 1. The summed E-state index contributed by atoms with van der Waals surface area (Å²) in [5.41, 5.74) is 0.615. The van der Waals surface area contributed by atoms with E-state index in [4.69, 9.17) is 4.74 Å². The van der Waals surface area contributed by atoms with E-state index in [2.05, 4.69) is 15.3 Å². The van der Waals surface area contributed by atoms with Gasteiger partial charge in [-0.2, -0.15) is 0 Å². The summed E-state index contributed by atoms with van der Waals surface area (Å²) in [4.78, 5) is 19.4. The van der Waals surface area contributed by atoms with Gasteiger partial charge < -0.3 is 15.0 Å². The van der Waals surface area contributed by atoms with Gasteiger partial charge in [0.15, 0.2) is 0 Å². The third-order valence-electron chi connectivity index (χ3n) is 3.38. The fourth-order valence-corrected chi connectivity index (χ4v) is 2.35. The highest BCUT2D eigenvalue weighted by molar-refractivity contribution is 5.79. The number of H-pyrrole nitrogens is 1. The highest BCUT2D eigenvalue weighted by Crippen LogP contribution is 2.21. The second-order valence-corrected chi connectivity index (χ2v) is 4.52.